The Morgan fingerprint density at radius 1 is 0.571 bits per heavy atom. The normalized spacial score (nSPS) is 11.2. The van der Waals surface area contributed by atoms with E-state index in [-0.39, 0.29) is 33.1 Å². The van der Waals surface area contributed by atoms with Crippen LogP contribution in [0.3, 0.4) is 0 Å². The Morgan fingerprint density at radius 3 is 1.07 bits per heavy atom. The number of carboxylic acid groups (broad SMARTS) is 2. The second kappa shape index (κ2) is 19.8. The molecule has 162 valence electrons. The molecule has 0 saturated carbocycles. The zero-order valence-corrected chi connectivity index (χ0v) is 18.9. The molecule has 0 aromatic heterocycles. The van der Waals surface area contributed by atoms with Crippen LogP contribution in [-0.2, 0) is 9.59 Å². The maximum atomic E-state index is 11.8. The molecule has 0 aliphatic carbocycles. The van der Waals surface area contributed by atoms with Crippen molar-refractivity contribution in [3.8, 4) is 0 Å². The van der Waals surface area contributed by atoms with Gasteiger partial charge in [0.2, 0.25) is 0 Å². The number of carbonyl (C=O) groups is 2. The SMILES string of the molecule is CCCCCCCCCCC(CCCCCCCCCC)(C(=O)O)C(=O)O.[H-].[Li+]. The zero-order chi connectivity index (χ0) is 20.4. The third kappa shape index (κ3) is 13.7. The molecule has 0 bridgehead atoms. The number of aliphatic carboxylic acids is 2. The van der Waals surface area contributed by atoms with Gasteiger partial charge < -0.3 is 11.6 Å². The van der Waals surface area contributed by atoms with Gasteiger partial charge in [-0.1, -0.05) is 117 Å². The number of unbranched alkanes of at least 4 members (excludes halogenated alkanes) is 14. The Hall–Kier alpha value is -0.463. The van der Waals surface area contributed by atoms with Crippen molar-refractivity contribution in [3.05, 3.63) is 0 Å². The number of hydrogen-bond donors (Lipinski definition) is 2. The fraction of sp³-hybridized carbons (Fsp3) is 0.913. The van der Waals surface area contributed by atoms with Gasteiger partial charge in [-0.25, -0.2) is 0 Å². The molecule has 0 heterocycles. The summed E-state index contributed by atoms with van der Waals surface area (Å²) in [7, 11) is 0. The van der Waals surface area contributed by atoms with E-state index in [9.17, 15) is 19.8 Å². The van der Waals surface area contributed by atoms with E-state index in [0.717, 1.165) is 25.7 Å². The molecule has 0 spiro atoms. The molecule has 0 unspecified atom stereocenters. The van der Waals surface area contributed by atoms with Gasteiger partial charge in [0.05, 0.1) is 0 Å². The Balaban J connectivity index is -0.00000338. The van der Waals surface area contributed by atoms with E-state index in [1.807, 2.05) is 0 Å². The molecule has 28 heavy (non-hydrogen) atoms. The second-order valence-corrected chi connectivity index (χ2v) is 8.14. The first kappa shape index (κ1) is 29.7. The third-order valence-corrected chi connectivity index (χ3v) is 5.73. The van der Waals surface area contributed by atoms with E-state index in [1.54, 1.807) is 0 Å². The minimum atomic E-state index is -1.58. The summed E-state index contributed by atoms with van der Waals surface area (Å²) in [5.41, 5.74) is -1.58. The van der Waals surface area contributed by atoms with Gasteiger partial charge >= 0.3 is 30.8 Å². The van der Waals surface area contributed by atoms with Crippen LogP contribution in [0.2, 0.25) is 0 Å². The van der Waals surface area contributed by atoms with Gasteiger partial charge in [-0.2, -0.15) is 0 Å². The molecule has 0 amide bonds. The molecule has 2 N–H and O–H groups in total. The number of hydrogen-bond acceptors (Lipinski definition) is 2. The van der Waals surface area contributed by atoms with Crippen LogP contribution >= 0.6 is 0 Å². The van der Waals surface area contributed by atoms with Crippen molar-refractivity contribution in [1.82, 2.24) is 0 Å². The first-order chi connectivity index (χ1) is 13.0. The molecule has 0 fully saturated rings. The first-order valence-electron chi connectivity index (χ1n) is 11.5. The van der Waals surface area contributed by atoms with E-state index in [2.05, 4.69) is 13.8 Å². The van der Waals surface area contributed by atoms with Crippen LogP contribution in [0.15, 0.2) is 0 Å². The summed E-state index contributed by atoms with van der Waals surface area (Å²) in [6.45, 7) is 4.40. The van der Waals surface area contributed by atoms with E-state index >= 15 is 0 Å². The minimum absolute atomic E-state index is 0. The van der Waals surface area contributed by atoms with Gasteiger partial charge in [0.25, 0.3) is 0 Å². The third-order valence-electron chi connectivity index (χ3n) is 5.73. The smallest absolute Gasteiger partial charge is 1.00 e. The average molecular weight is 393 g/mol. The molecule has 0 rings (SSSR count). The van der Waals surface area contributed by atoms with Crippen molar-refractivity contribution in [2.24, 2.45) is 5.41 Å². The maximum Gasteiger partial charge on any atom is 1.00 e. The van der Waals surface area contributed by atoms with Gasteiger partial charge in [-0.05, 0) is 12.8 Å². The summed E-state index contributed by atoms with van der Waals surface area (Å²) < 4.78 is 0. The van der Waals surface area contributed by atoms with Crippen LogP contribution in [0.25, 0.3) is 0 Å². The largest absolute Gasteiger partial charge is 1.00 e. The van der Waals surface area contributed by atoms with Gasteiger partial charge in [-0.15, -0.1) is 0 Å². The summed E-state index contributed by atoms with van der Waals surface area (Å²) in [5, 5.41) is 19.2. The summed E-state index contributed by atoms with van der Waals surface area (Å²) in [5.74, 6) is -2.30. The summed E-state index contributed by atoms with van der Waals surface area (Å²) >= 11 is 0. The topological polar surface area (TPSA) is 74.6 Å². The van der Waals surface area contributed by atoms with Crippen LogP contribution in [0, 0.1) is 5.41 Å². The maximum absolute atomic E-state index is 11.8. The molecule has 0 radical (unpaired) electrons. The average Bonchev–Trinajstić information content (AvgIpc) is 2.63. The van der Waals surface area contributed by atoms with Crippen LogP contribution < -0.4 is 18.9 Å². The molecule has 0 aliphatic heterocycles. The quantitative estimate of drug-likeness (QED) is 0.184. The Morgan fingerprint density at radius 2 is 0.821 bits per heavy atom. The van der Waals surface area contributed by atoms with E-state index in [1.165, 1.54) is 64.2 Å². The molecular formula is C23H45LiO4. The molecule has 0 aliphatic rings. The van der Waals surface area contributed by atoms with Gasteiger partial charge in [0.1, 0.15) is 0 Å². The van der Waals surface area contributed by atoms with Crippen LogP contribution in [0.4, 0.5) is 0 Å². The summed E-state index contributed by atoms with van der Waals surface area (Å²) in [6.07, 6.45) is 18.3. The molecule has 0 aromatic carbocycles. The van der Waals surface area contributed by atoms with E-state index < -0.39 is 17.4 Å². The number of rotatable bonds is 20. The van der Waals surface area contributed by atoms with Crippen molar-refractivity contribution in [2.45, 2.75) is 129 Å². The fourth-order valence-corrected chi connectivity index (χ4v) is 3.77. The van der Waals surface area contributed by atoms with Crippen molar-refractivity contribution in [3.63, 3.8) is 0 Å². The molecule has 5 heteroatoms. The molecular weight excluding hydrogens is 347 g/mol. The zero-order valence-electron chi connectivity index (χ0n) is 19.9. The van der Waals surface area contributed by atoms with Crippen molar-refractivity contribution < 1.29 is 40.1 Å². The van der Waals surface area contributed by atoms with Crippen molar-refractivity contribution in [2.75, 3.05) is 0 Å². The van der Waals surface area contributed by atoms with Gasteiger partial charge in [-0.3, -0.25) is 9.59 Å². The van der Waals surface area contributed by atoms with Gasteiger partial charge in [0.15, 0.2) is 5.41 Å². The summed E-state index contributed by atoms with van der Waals surface area (Å²) in [6, 6.07) is 0. The van der Waals surface area contributed by atoms with E-state index in [0.29, 0.717) is 12.8 Å². The predicted molar refractivity (Wildman–Crippen MR) is 113 cm³/mol. The Kier molecular flexibility index (Phi) is 21.1. The summed E-state index contributed by atoms with van der Waals surface area (Å²) in [4.78, 5) is 23.5. The standard InChI is InChI=1S/C23H44O4.Li.H/c1-3-5-7-9-11-13-15-17-19-23(21(24)25,22(26)27)20-18-16-14-12-10-8-6-4-2;;/h3-20H2,1-2H3,(H,24,25)(H,26,27);;/q;+1;-1. The van der Waals surface area contributed by atoms with E-state index in [4.69, 9.17) is 0 Å². The van der Waals surface area contributed by atoms with Crippen LogP contribution in [-0.4, -0.2) is 22.2 Å². The van der Waals surface area contributed by atoms with Crippen molar-refractivity contribution >= 4 is 11.9 Å². The fourth-order valence-electron chi connectivity index (χ4n) is 3.77. The predicted octanol–water partition coefficient (Wildman–Crippen LogP) is 4.32. The van der Waals surface area contributed by atoms with Crippen LogP contribution in [0.1, 0.15) is 131 Å². The molecule has 0 aromatic rings. The Bertz CT molecular complexity index is 355. The Labute approximate surface area is 186 Å². The first-order valence-corrected chi connectivity index (χ1v) is 11.5. The molecule has 4 nitrogen and oxygen atoms in total. The number of carboxylic acids is 2. The van der Waals surface area contributed by atoms with Crippen molar-refractivity contribution in [1.29, 1.82) is 0 Å². The minimum Gasteiger partial charge on any atom is -1.00 e. The second-order valence-electron chi connectivity index (χ2n) is 8.14. The van der Waals surface area contributed by atoms with Gasteiger partial charge in [0, 0.05) is 0 Å². The monoisotopic (exact) mass is 392 g/mol. The van der Waals surface area contributed by atoms with Crippen LogP contribution in [0.5, 0.6) is 0 Å². The molecule has 0 saturated heterocycles. The molecule has 0 atom stereocenters.